The summed E-state index contributed by atoms with van der Waals surface area (Å²) in [6.45, 7) is 2.21. The van der Waals surface area contributed by atoms with Crippen molar-refractivity contribution in [1.29, 1.82) is 5.26 Å². The summed E-state index contributed by atoms with van der Waals surface area (Å²) in [7, 11) is 1.83. The van der Waals surface area contributed by atoms with Crippen molar-refractivity contribution < 1.29 is 9.21 Å². The smallest absolute Gasteiger partial charge is 0.235 e. The number of hydrogen-bond donors (Lipinski definition) is 1. The summed E-state index contributed by atoms with van der Waals surface area (Å²) in [6.07, 6.45) is 4.17. The summed E-state index contributed by atoms with van der Waals surface area (Å²) in [4.78, 5) is 13.8. The van der Waals surface area contributed by atoms with Gasteiger partial charge in [-0.05, 0) is 58.8 Å². The van der Waals surface area contributed by atoms with E-state index < -0.39 is 0 Å². The largest absolute Gasteiger partial charge is 0.446 e. The number of rotatable bonds is 6. The first-order valence-electron chi connectivity index (χ1n) is 9.62. The van der Waals surface area contributed by atoms with E-state index in [0.717, 1.165) is 31.2 Å². The van der Waals surface area contributed by atoms with Gasteiger partial charge in [-0.2, -0.15) is 5.26 Å². The number of nitriles is 1. The number of anilines is 1. The second-order valence-electron chi connectivity index (χ2n) is 7.14. The van der Waals surface area contributed by atoms with Crippen molar-refractivity contribution in [3.8, 4) is 17.7 Å². The van der Waals surface area contributed by atoms with Crippen LogP contribution in [0, 0.1) is 17.2 Å². The molecule has 0 aromatic carbocycles. The number of aromatic nitrogens is 3. The molecule has 7 nitrogen and oxygen atoms in total. The Hall–Kier alpha value is -2.09. The van der Waals surface area contributed by atoms with E-state index in [4.69, 9.17) is 4.42 Å². The average Bonchev–Trinajstić information content (AvgIpc) is 3.42. The number of halogens is 1. The van der Waals surface area contributed by atoms with Crippen molar-refractivity contribution in [1.82, 2.24) is 14.8 Å². The Morgan fingerprint density at radius 3 is 3.03 bits per heavy atom. The zero-order chi connectivity index (χ0) is 21.3. The number of thioether (sulfide) groups is 1. The first kappa shape index (κ1) is 21.2. The topological polar surface area (TPSA) is 96.7 Å². The number of furan rings is 1. The van der Waals surface area contributed by atoms with Gasteiger partial charge in [-0.15, -0.1) is 21.5 Å². The van der Waals surface area contributed by atoms with Gasteiger partial charge in [0, 0.05) is 11.9 Å². The van der Waals surface area contributed by atoms with Crippen molar-refractivity contribution in [2.45, 2.75) is 37.8 Å². The number of amides is 1. The Bertz CT molecular complexity index is 1130. The fourth-order valence-corrected chi connectivity index (χ4v) is 5.94. The molecule has 1 aliphatic rings. The molecular weight excluding hydrogens is 486 g/mol. The summed E-state index contributed by atoms with van der Waals surface area (Å²) >= 11 is 6.12. The molecule has 0 saturated heterocycles. The number of carbonyl (C=O) groups excluding carboxylic acids is 1. The van der Waals surface area contributed by atoms with Crippen molar-refractivity contribution in [2.75, 3.05) is 11.1 Å². The number of fused-ring (bicyclic) bond motifs is 1. The Morgan fingerprint density at radius 1 is 1.50 bits per heavy atom. The van der Waals surface area contributed by atoms with E-state index in [1.165, 1.54) is 16.6 Å². The van der Waals surface area contributed by atoms with Gasteiger partial charge in [0.15, 0.2) is 21.4 Å². The van der Waals surface area contributed by atoms with Crippen LogP contribution in [0.3, 0.4) is 0 Å². The highest BCUT2D eigenvalue weighted by atomic mass is 79.9. The van der Waals surface area contributed by atoms with Gasteiger partial charge in [0.05, 0.1) is 11.3 Å². The van der Waals surface area contributed by atoms with E-state index in [9.17, 15) is 10.1 Å². The Balaban J connectivity index is 1.42. The van der Waals surface area contributed by atoms with Gasteiger partial charge in [0.25, 0.3) is 0 Å². The van der Waals surface area contributed by atoms with E-state index in [0.29, 0.717) is 37.9 Å². The van der Waals surface area contributed by atoms with Crippen LogP contribution in [0.5, 0.6) is 0 Å². The molecule has 0 bridgehead atoms. The van der Waals surface area contributed by atoms with Gasteiger partial charge in [0.1, 0.15) is 11.1 Å². The highest BCUT2D eigenvalue weighted by molar-refractivity contribution is 9.10. The molecule has 1 amide bonds. The second-order valence-corrected chi connectivity index (χ2v) is 9.97. The minimum atomic E-state index is -0.160. The monoisotopic (exact) mass is 505 g/mol. The molecule has 0 aliphatic heterocycles. The van der Waals surface area contributed by atoms with Crippen molar-refractivity contribution in [2.24, 2.45) is 13.0 Å². The summed E-state index contributed by atoms with van der Waals surface area (Å²) < 4.78 is 7.93. The minimum absolute atomic E-state index is 0.160. The van der Waals surface area contributed by atoms with E-state index in [1.54, 1.807) is 28.0 Å². The molecule has 0 spiro atoms. The third kappa shape index (κ3) is 4.19. The molecule has 1 atom stereocenters. The van der Waals surface area contributed by atoms with Crippen LogP contribution in [0.4, 0.5) is 5.00 Å². The molecule has 3 heterocycles. The molecule has 4 rings (SSSR count). The standard InChI is InChI=1S/C20H20BrN5O2S2/c1-3-11-4-5-12-13(9-22)19(30-15(12)8-11)23-17(27)10-29-20-25-24-18(26(20)2)14-6-7-16(21)28-14/h6-7,11H,3-5,8,10H2,1-2H3,(H,23,27). The molecule has 1 unspecified atom stereocenters. The van der Waals surface area contributed by atoms with Crippen LogP contribution in [-0.4, -0.2) is 26.4 Å². The van der Waals surface area contributed by atoms with Gasteiger partial charge in [-0.25, -0.2) is 0 Å². The predicted octanol–water partition coefficient (Wildman–Crippen LogP) is 5.02. The SMILES string of the molecule is CCC1CCc2c(sc(NC(=O)CSc3nnc(-c4ccc(Br)o4)n3C)c2C#N)C1. The van der Waals surface area contributed by atoms with Crippen LogP contribution < -0.4 is 5.32 Å². The van der Waals surface area contributed by atoms with Crippen molar-refractivity contribution in [3.05, 3.63) is 32.8 Å². The van der Waals surface area contributed by atoms with Crippen molar-refractivity contribution in [3.63, 3.8) is 0 Å². The summed E-state index contributed by atoms with van der Waals surface area (Å²) in [5, 5.41) is 22.2. The molecule has 30 heavy (non-hydrogen) atoms. The first-order chi connectivity index (χ1) is 14.5. The van der Waals surface area contributed by atoms with Crippen LogP contribution in [0.1, 0.15) is 35.8 Å². The first-order valence-corrected chi connectivity index (χ1v) is 12.2. The van der Waals surface area contributed by atoms with E-state index in [2.05, 4.69) is 44.4 Å². The molecular formula is C20H20BrN5O2S2. The summed E-state index contributed by atoms with van der Waals surface area (Å²) in [6, 6.07) is 5.89. The Labute approximate surface area is 191 Å². The molecule has 1 aliphatic carbocycles. The summed E-state index contributed by atoms with van der Waals surface area (Å²) in [5.41, 5.74) is 1.75. The lowest BCUT2D eigenvalue weighted by molar-refractivity contribution is -0.113. The van der Waals surface area contributed by atoms with E-state index in [-0.39, 0.29) is 11.7 Å². The maximum Gasteiger partial charge on any atom is 0.235 e. The highest BCUT2D eigenvalue weighted by Crippen LogP contribution is 2.40. The third-order valence-corrected chi connectivity index (χ3v) is 7.89. The fraction of sp³-hybridized carbons (Fsp3) is 0.400. The van der Waals surface area contributed by atoms with Gasteiger partial charge in [0.2, 0.25) is 5.91 Å². The zero-order valence-electron chi connectivity index (χ0n) is 16.6. The molecule has 3 aromatic rings. The molecule has 0 radical (unpaired) electrons. The fourth-order valence-electron chi connectivity index (χ4n) is 3.59. The molecule has 0 saturated carbocycles. The van der Waals surface area contributed by atoms with Crippen LogP contribution in [-0.2, 0) is 24.7 Å². The zero-order valence-corrected chi connectivity index (χ0v) is 19.8. The minimum Gasteiger partial charge on any atom is -0.446 e. The second kappa shape index (κ2) is 8.96. The lowest BCUT2D eigenvalue weighted by Crippen LogP contribution is -2.14. The van der Waals surface area contributed by atoms with Crippen molar-refractivity contribution >= 4 is 49.9 Å². The van der Waals surface area contributed by atoms with Crippen LogP contribution in [0.25, 0.3) is 11.6 Å². The molecule has 156 valence electrons. The average molecular weight is 506 g/mol. The highest BCUT2D eigenvalue weighted by Gasteiger charge is 2.26. The number of nitrogens with zero attached hydrogens (tertiary/aromatic N) is 4. The van der Waals surface area contributed by atoms with Gasteiger partial charge in [-0.3, -0.25) is 4.79 Å². The van der Waals surface area contributed by atoms with Gasteiger partial charge in [-0.1, -0.05) is 25.1 Å². The van der Waals surface area contributed by atoms with E-state index in [1.807, 2.05) is 7.05 Å². The Kier molecular flexibility index (Phi) is 6.32. The lowest BCUT2D eigenvalue weighted by atomic mass is 9.86. The molecule has 0 fully saturated rings. The molecule has 10 heteroatoms. The number of thiophene rings is 1. The van der Waals surface area contributed by atoms with Gasteiger partial charge < -0.3 is 14.3 Å². The Morgan fingerprint density at radius 2 is 2.33 bits per heavy atom. The number of nitrogens with one attached hydrogen (secondary N) is 1. The van der Waals surface area contributed by atoms with Crippen LogP contribution in [0.15, 0.2) is 26.4 Å². The molecule has 1 N–H and O–H groups in total. The van der Waals surface area contributed by atoms with Crippen LogP contribution >= 0.6 is 39.0 Å². The van der Waals surface area contributed by atoms with Crippen LogP contribution in [0.2, 0.25) is 0 Å². The normalized spacial score (nSPS) is 15.6. The maximum atomic E-state index is 12.6. The summed E-state index contributed by atoms with van der Waals surface area (Å²) in [5.74, 6) is 1.88. The van der Waals surface area contributed by atoms with E-state index >= 15 is 0 Å². The molecule has 3 aromatic heterocycles. The third-order valence-electron chi connectivity index (χ3n) is 5.27. The predicted molar refractivity (Wildman–Crippen MR) is 121 cm³/mol. The number of carbonyl (C=O) groups is 1. The van der Waals surface area contributed by atoms with Gasteiger partial charge >= 0.3 is 0 Å². The maximum absolute atomic E-state index is 12.6. The quantitative estimate of drug-likeness (QED) is 0.472. The lowest BCUT2D eigenvalue weighted by Gasteiger charge is -2.20. The number of hydrogen-bond acceptors (Lipinski definition) is 7.